The van der Waals surface area contributed by atoms with Crippen LogP contribution in [0.3, 0.4) is 0 Å². The van der Waals surface area contributed by atoms with Crippen molar-refractivity contribution in [2.24, 2.45) is 0 Å². The third kappa shape index (κ3) is 4.87. The molecular weight excluding hydrogens is 367 g/mol. The molecule has 0 aromatic heterocycles. The highest BCUT2D eigenvalue weighted by Crippen LogP contribution is 2.36. The maximum absolute atomic E-state index is 12.2. The first-order valence-corrected chi connectivity index (χ1v) is 8.18. The van der Waals surface area contributed by atoms with Crippen molar-refractivity contribution in [2.75, 3.05) is 20.3 Å². The predicted molar refractivity (Wildman–Crippen MR) is 95.2 cm³/mol. The number of hydrogen-bond donors (Lipinski definition) is 0. The summed E-state index contributed by atoms with van der Waals surface area (Å²) in [7, 11) is 1.45. The average molecular weight is 383 g/mol. The van der Waals surface area contributed by atoms with Gasteiger partial charge in [0.25, 0.3) is 0 Å². The zero-order chi connectivity index (χ0) is 18.4. The summed E-state index contributed by atoms with van der Waals surface area (Å²) in [6.07, 6.45) is 0. The molecule has 0 atom stereocenters. The van der Waals surface area contributed by atoms with E-state index < -0.39 is 12.6 Å². The lowest BCUT2D eigenvalue weighted by Crippen LogP contribution is -2.14. The van der Waals surface area contributed by atoms with Gasteiger partial charge in [-0.3, -0.25) is 4.79 Å². The number of benzene rings is 2. The molecule has 2 rings (SSSR count). The van der Waals surface area contributed by atoms with Crippen LogP contribution in [0.25, 0.3) is 0 Å². The van der Waals surface area contributed by atoms with Gasteiger partial charge in [-0.1, -0.05) is 23.2 Å². The first-order valence-electron chi connectivity index (χ1n) is 7.42. The van der Waals surface area contributed by atoms with E-state index in [1.54, 1.807) is 31.2 Å². The number of esters is 1. The Bertz CT molecular complexity index is 772. The Labute approximate surface area is 155 Å². The summed E-state index contributed by atoms with van der Waals surface area (Å²) in [5.41, 5.74) is 0.568. The highest BCUT2D eigenvalue weighted by atomic mass is 35.5. The molecule has 5 nitrogen and oxygen atoms in total. The number of hydrogen-bond acceptors (Lipinski definition) is 5. The number of ether oxygens (including phenoxy) is 3. The molecule has 0 aliphatic carbocycles. The van der Waals surface area contributed by atoms with Gasteiger partial charge < -0.3 is 14.2 Å². The number of carbonyl (C=O) groups is 2. The normalized spacial score (nSPS) is 10.2. The van der Waals surface area contributed by atoms with Crippen LogP contribution in [0.5, 0.6) is 11.5 Å². The molecule has 0 bridgehead atoms. The van der Waals surface area contributed by atoms with E-state index in [-0.39, 0.29) is 16.4 Å². The molecule has 0 unspecified atom stereocenters. The average Bonchev–Trinajstić information content (AvgIpc) is 2.60. The molecule has 0 saturated carbocycles. The minimum atomic E-state index is -0.687. The zero-order valence-corrected chi connectivity index (χ0v) is 15.2. The minimum Gasteiger partial charge on any atom is -0.491 e. The predicted octanol–water partition coefficient (Wildman–Crippen LogP) is 4.44. The molecule has 0 fully saturated rings. The van der Waals surface area contributed by atoms with Gasteiger partial charge in [0.05, 0.1) is 24.3 Å². The van der Waals surface area contributed by atoms with Gasteiger partial charge in [-0.2, -0.15) is 0 Å². The largest absolute Gasteiger partial charge is 0.491 e. The summed E-state index contributed by atoms with van der Waals surface area (Å²) in [4.78, 5) is 24.2. The van der Waals surface area contributed by atoms with E-state index in [1.807, 2.05) is 0 Å². The van der Waals surface area contributed by atoms with Gasteiger partial charge in [-0.05, 0) is 43.3 Å². The molecule has 0 aliphatic rings. The van der Waals surface area contributed by atoms with E-state index in [4.69, 9.17) is 37.4 Å². The summed E-state index contributed by atoms with van der Waals surface area (Å²) in [6.45, 7) is 1.78. The Morgan fingerprint density at radius 3 is 2.32 bits per heavy atom. The molecule has 2 aromatic carbocycles. The fourth-order valence-corrected chi connectivity index (χ4v) is 2.49. The fourth-order valence-electron chi connectivity index (χ4n) is 2.08. The van der Waals surface area contributed by atoms with E-state index in [2.05, 4.69) is 0 Å². The van der Waals surface area contributed by atoms with Crippen LogP contribution in [0.15, 0.2) is 36.4 Å². The Morgan fingerprint density at radius 2 is 1.72 bits per heavy atom. The van der Waals surface area contributed by atoms with Gasteiger partial charge in [0.15, 0.2) is 23.9 Å². The third-order valence-corrected chi connectivity index (χ3v) is 3.78. The number of ketones is 1. The van der Waals surface area contributed by atoms with Crippen molar-refractivity contribution in [2.45, 2.75) is 6.92 Å². The molecule has 0 N–H and O–H groups in total. The second-order valence-electron chi connectivity index (χ2n) is 4.93. The van der Waals surface area contributed by atoms with E-state index in [0.717, 1.165) is 0 Å². The molecule has 0 spiro atoms. The number of rotatable bonds is 7. The third-order valence-electron chi connectivity index (χ3n) is 3.25. The quantitative estimate of drug-likeness (QED) is 0.523. The highest BCUT2D eigenvalue weighted by Gasteiger charge is 2.18. The van der Waals surface area contributed by atoms with Crippen LogP contribution < -0.4 is 9.47 Å². The lowest BCUT2D eigenvalue weighted by atomic mass is 10.1. The van der Waals surface area contributed by atoms with E-state index >= 15 is 0 Å². The van der Waals surface area contributed by atoms with Crippen LogP contribution in [0.4, 0.5) is 0 Å². The van der Waals surface area contributed by atoms with E-state index in [0.29, 0.717) is 28.7 Å². The molecule has 0 heterocycles. The second kappa shape index (κ2) is 8.74. The van der Waals surface area contributed by atoms with Crippen LogP contribution in [-0.2, 0) is 4.74 Å². The molecule has 25 heavy (non-hydrogen) atoms. The number of carbonyl (C=O) groups excluding carboxylic acids is 2. The van der Waals surface area contributed by atoms with Gasteiger partial charge in [0.2, 0.25) is 0 Å². The maximum atomic E-state index is 12.2. The summed E-state index contributed by atoms with van der Waals surface area (Å²) in [5, 5.41) is 0.731. The van der Waals surface area contributed by atoms with Crippen LogP contribution in [0.1, 0.15) is 27.6 Å². The van der Waals surface area contributed by atoms with E-state index in [9.17, 15) is 9.59 Å². The standard InChI is InChI=1S/C18H16Cl2O5/c1-3-24-16-9-12(8-14(20)17(16)23-2)18(22)25-10-15(21)11-4-6-13(19)7-5-11/h4-9H,3,10H2,1-2H3. The molecule has 7 heteroatoms. The fraction of sp³-hybridized carbons (Fsp3) is 0.222. The Balaban J connectivity index is 2.10. The second-order valence-corrected chi connectivity index (χ2v) is 5.77. The minimum absolute atomic E-state index is 0.165. The lowest BCUT2D eigenvalue weighted by molar-refractivity contribution is 0.0474. The van der Waals surface area contributed by atoms with Gasteiger partial charge >= 0.3 is 5.97 Å². The number of Topliss-reactive ketones (excluding diaryl/α,β-unsaturated/α-hetero) is 1. The first kappa shape index (κ1) is 19.1. The topological polar surface area (TPSA) is 61.8 Å². The number of halogens is 2. The summed E-state index contributed by atoms with van der Waals surface area (Å²) >= 11 is 11.9. The summed E-state index contributed by atoms with van der Waals surface area (Å²) in [6, 6.07) is 9.18. The van der Waals surface area contributed by atoms with Crippen LogP contribution in [-0.4, -0.2) is 32.1 Å². The Kier molecular flexibility index (Phi) is 6.67. The SMILES string of the molecule is CCOc1cc(C(=O)OCC(=O)c2ccc(Cl)cc2)cc(Cl)c1OC. The summed E-state index contributed by atoms with van der Waals surface area (Å²) in [5.74, 6) is -0.367. The molecule has 2 aromatic rings. The smallest absolute Gasteiger partial charge is 0.338 e. The first-order chi connectivity index (χ1) is 12.0. The molecule has 132 valence electrons. The van der Waals surface area contributed by atoms with Gasteiger partial charge in [-0.25, -0.2) is 4.79 Å². The molecule has 0 saturated heterocycles. The Morgan fingerprint density at radius 1 is 1.04 bits per heavy atom. The lowest BCUT2D eigenvalue weighted by Gasteiger charge is -2.12. The Hall–Kier alpha value is -2.24. The van der Waals surface area contributed by atoms with E-state index in [1.165, 1.54) is 19.2 Å². The van der Waals surface area contributed by atoms with Crippen molar-refractivity contribution in [3.63, 3.8) is 0 Å². The van der Waals surface area contributed by atoms with Crippen LogP contribution in [0, 0.1) is 0 Å². The van der Waals surface area contributed by atoms with Crippen molar-refractivity contribution < 1.29 is 23.8 Å². The van der Waals surface area contributed by atoms with Crippen molar-refractivity contribution in [1.29, 1.82) is 0 Å². The van der Waals surface area contributed by atoms with Crippen molar-refractivity contribution in [3.8, 4) is 11.5 Å². The maximum Gasteiger partial charge on any atom is 0.338 e. The van der Waals surface area contributed by atoms with Crippen molar-refractivity contribution >= 4 is 35.0 Å². The molecule has 0 radical (unpaired) electrons. The highest BCUT2D eigenvalue weighted by molar-refractivity contribution is 6.32. The van der Waals surface area contributed by atoms with Crippen molar-refractivity contribution in [3.05, 3.63) is 57.6 Å². The summed E-state index contributed by atoms with van der Waals surface area (Å²) < 4.78 is 15.6. The van der Waals surface area contributed by atoms with Crippen LogP contribution in [0.2, 0.25) is 10.0 Å². The molecule has 0 aliphatic heterocycles. The van der Waals surface area contributed by atoms with Gasteiger partial charge in [-0.15, -0.1) is 0 Å². The molecule has 0 amide bonds. The van der Waals surface area contributed by atoms with Crippen LogP contribution >= 0.6 is 23.2 Å². The van der Waals surface area contributed by atoms with Gasteiger partial charge in [0.1, 0.15) is 0 Å². The zero-order valence-electron chi connectivity index (χ0n) is 13.7. The molecular formula is C18H16Cl2O5. The van der Waals surface area contributed by atoms with Gasteiger partial charge in [0, 0.05) is 10.6 Å². The van der Waals surface area contributed by atoms with Crippen molar-refractivity contribution in [1.82, 2.24) is 0 Å². The monoisotopic (exact) mass is 382 g/mol. The number of methoxy groups -OCH3 is 1.